The summed E-state index contributed by atoms with van der Waals surface area (Å²) < 4.78 is 6.35. The van der Waals surface area contributed by atoms with Crippen molar-refractivity contribution in [3.63, 3.8) is 0 Å². The van der Waals surface area contributed by atoms with Gasteiger partial charge in [0.15, 0.2) is 11.2 Å². The third-order valence-electron chi connectivity index (χ3n) is 3.74. The van der Waals surface area contributed by atoms with Crippen LogP contribution in [0.1, 0.15) is 11.3 Å². The third kappa shape index (κ3) is 3.84. The van der Waals surface area contributed by atoms with E-state index in [-0.39, 0.29) is 11.2 Å². The Labute approximate surface area is 150 Å². The molecule has 0 radical (unpaired) electrons. The van der Waals surface area contributed by atoms with Crippen molar-refractivity contribution in [1.29, 1.82) is 5.26 Å². The van der Waals surface area contributed by atoms with E-state index in [1.807, 2.05) is 66.7 Å². The Morgan fingerprint density at radius 3 is 2.42 bits per heavy atom. The Balaban J connectivity index is 2.21. The van der Waals surface area contributed by atoms with E-state index in [4.69, 9.17) is 0 Å². The summed E-state index contributed by atoms with van der Waals surface area (Å²) in [6.07, 6.45) is 1.00. The van der Waals surface area contributed by atoms with Gasteiger partial charge >= 0.3 is 6.09 Å². The van der Waals surface area contributed by atoms with E-state index in [2.05, 4.69) is 14.7 Å². The molecule has 2 aromatic carbocycles. The molecule has 0 aliphatic rings. The number of hydrogen-bond acceptors (Lipinski definition) is 4. The van der Waals surface area contributed by atoms with Crippen LogP contribution in [-0.4, -0.2) is 22.8 Å². The zero-order valence-corrected chi connectivity index (χ0v) is 14.2. The minimum absolute atomic E-state index is 0.0627. The zero-order chi connectivity index (χ0) is 18.4. The first kappa shape index (κ1) is 17.1. The molecule has 0 atom stereocenters. The summed E-state index contributed by atoms with van der Waals surface area (Å²) in [5.74, 6) is 0. The Morgan fingerprint density at radius 2 is 1.81 bits per heavy atom. The molecular formula is C20H16N4O2. The lowest BCUT2D eigenvalue weighted by Crippen LogP contribution is -2.27. The highest BCUT2D eigenvalue weighted by Crippen LogP contribution is 2.16. The number of aromatic nitrogens is 2. The normalized spacial score (nSPS) is 11.0. The van der Waals surface area contributed by atoms with Crippen molar-refractivity contribution in [1.82, 2.24) is 9.55 Å². The van der Waals surface area contributed by atoms with Crippen LogP contribution in [0.3, 0.4) is 0 Å². The van der Waals surface area contributed by atoms with Gasteiger partial charge in [-0.3, -0.25) is 0 Å². The molecule has 3 rings (SSSR count). The van der Waals surface area contributed by atoms with Crippen molar-refractivity contribution >= 4 is 6.09 Å². The number of hydrogen-bond donors (Lipinski definition) is 0. The van der Waals surface area contributed by atoms with E-state index in [1.54, 1.807) is 10.8 Å². The van der Waals surface area contributed by atoms with Crippen LogP contribution >= 0.6 is 0 Å². The maximum Gasteiger partial charge on any atom is 0.435 e. The molecular weight excluding hydrogens is 328 g/mol. The van der Waals surface area contributed by atoms with Crippen LogP contribution in [0.5, 0.6) is 0 Å². The fourth-order valence-corrected chi connectivity index (χ4v) is 2.52. The predicted molar refractivity (Wildman–Crippen MR) is 95.9 cm³/mol. The topological polar surface area (TPSA) is 80.3 Å². The first-order valence-electron chi connectivity index (χ1n) is 7.95. The minimum Gasteiger partial charge on any atom is -0.451 e. The largest absolute Gasteiger partial charge is 0.451 e. The molecule has 6 nitrogen and oxygen atoms in total. The van der Waals surface area contributed by atoms with Crippen molar-refractivity contribution in [2.45, 2.75) is 6.54 Å². The van der Waals surface area contributed by atoms with Crippen LogP contribution in [0.15, 0.2) is 71.9 Å². The van der Waals surface area contributed by atoms with Gasteiger partial charge in [-0.1, -0.05) is 60.7 Å². The van der Waals surface area contributed by atoms with E-state index in [1.165, 1.54) is 7.11 Å². The minimum atomic E-state index is -0.780. The number of methoxy groups -OCH3 is 1. The SMILES string of the molecule is COC(=O)N=c1c(C#N)nc(-c2ccccc2)cn1Cc1ccccc1. The maximum atomic E-state index is 11.7. The van der Waals surface area contributed by atoms with E-state index in [0.29, 0.717) is 12.2 Å². The molecule has 0 N–H and O–H groups in total. The fraction of sp³-hybridized carbons (Fsp3) is 0.100. The summed E-state index contributed by atoms with van der Waals surface area (Å²) in [4.78, 5) is 19.9. The highest BCUT2D eigenvalue weighted by atomic mass is 16.5. The molecule has 0 bridgehead atoms. The summed E-state index contributed by atoms with van der Waals surface area (Å²) in [7, 11) is 1.24. The lowest BCUT2D eigenvalue weighted by molar-refractivity contribution is 0.181. The standard InChI is InChI=1S/C20H16N4O2/c1-26-20(25)23-19-17(12-21)22-18(16-10-6-3-7-11-16)14-24(19)13-15-8-4-2-5-9-15/h2-11,14H,13H2,1H3. The van der Waals surface area contributed by atoms with Gasteiger partial charge in [-0.05, 0) is 5.56 Å². The highest BCUT2D eigenvalue weighted by molar-refractivity contribution is 5.68. The van der Waals surface area contributed by atoms with Crippen molar-refractivity contribution in [2.24, 2.45) is 4.99 Å². The summed E-state index contributed by atoms with van der Waals surface area (Å²) in [6, 6.07) is 21.3. The Morgan fingerprint density at radius 1 is 1.15 bits per heavy atom. The second kappa shape index (κ2) is 7.90. The predicted octanol–water partition coefficient (Wildman–Crippen LogP) is 3.14. The zero-order valence-electron chi connectivity index (χ0n) is 14.2. The van der Waals surface area contributed by atoms with Gasteiger partial charge < -0.3 is 9.30 Å². The molecule has 128 valence electrons. The van der Waals surface area contributed by atoms with E-state index >= 15 is 0 Å². The van der Waals surface area contributed by atoms with Gasteiger partial charge in [-0.15, -0.1) is 0 Å². The smallest absolute Gasteiger partial charge is 0.435 e. The molecule has 0 aliphatic carbocycles. The number of nitrogens with zero attached hydrogens (tertiary/aromatic N) is 4. The molecule has 0 fully saturated rings. The van der Waals surface area contributed by atoms with Gasteiger partial charge in [-0.2, -0.15) is 10.3 Å². The van der Waals surface area contributed by atoms with Gasteiger partial charge in [0, 0.05) is 18.3 Å². The maximum absolute atomic E-state index is 11.7. The number of benzene rings is 2. The number of carbonyl (C=O) groups excluding carboxylic acids is 1. The number of rotatable bonds is 3. The molecule has 1 amide bonds. The Hall–Kier alpha value is -3.72. The van der Waals surface area contributed by atoms with E-state index in [0.717, 1.165) is 11.1 Å². The van der Waals surface area contributed by atoms with Crippen LogP contribution in [0.25, 0.3) is 11.3 Å². The van der Waals surface area contributed by atoms with Gasteiger partial charge in [0.2, 0.25) is 0 Å². The molecule has 3 aromatic rings. The monoisotopic (exact) mass is 344 g/mol. The highest BCUT2D eigenvalue weighted by Gasteiger charge is 2.11. The average Bonchev–Trinajstić information content (AvgIpc) is 2.70. The Kier molecular flexibility index (Phi) is 5.20. The van der Waals surface area contributed by atoms with Gasteiger partial charge in [0.25, 0.3) is 0 Å². The van der Waals surface area contributed by atoms with E-state index < -0.39 is 6.09 Å². The molecule has 6 heteroatoms. The third-order valence-corrected chi connectivity index (χ3v) is 3.74. The van der Waals surface area contributed by atoms with Crippen LogP contribution in [0, 0.1) is 11.3 Å². The summed E-state index contributed by atoms with van der Waals surface area (Å²) in [5, 5.41) is 9.53. The van der Waals surface area contributed by atoms with Crippen molar-refractivity contribution < 1.29 is 9.53 Å². The van der Waals surface area contributed by atoms with E-state index in [9.17, 15) is 10.1 Å². The molecule has 26 heavy (non-hydrogen) atoms. The second-order valence-corrected chi connectivity index (χ2v) is 5.47. The molecule has 1 aromatic heterocycles. The number of carbonyl (C=O) groups is 1. The van der Waals surface area contributed by atoms with Crippen LogP contribution in [-0.2, 0) is 11.3 Å². The average molecular weight is 344 g/mol. The molecule has 0 spiro atoms. The number of amides is 1. The lowest BCUT2D eigenvalue weighted by Gasteiger charge is -2.11. The molecule has 1 heterocycles. The second-order valence-electron chi connectivity index (χ2n) is 5.47. The van der Waals surface area contributed by atoms with Crippen LogP contribution in [0.4, 0.5) is 4.79 Å². The first-order valence-corrected chi connectivity index (χ1v) is 7.95. The molecule has 0 saturated carbocycles. The van der Waals surface area contributed by atoms with Crippen molar-refractivity contribution in [2.75, 3.05) is 7.11 Å². The summed E-state index contributed by atoms with van der Waals surface area (Å²) in [6.45, 7) is 0.438. The van der Waals surface area contributed by atoms with Crippen molar-refractivity contribution in [3.8, 4) is 17.3 Å². The summed E-state index contributed by atoms with van der Waals surface area (Å²) >= 11 is 0. The number of nitriles is 1. The molecule has 0 unspecified atom stereocenters. The van der Waals surface area contributed by atoms with Crippen molar-refractivity contribution in [3.05, 3.63) is 83.6 Å². The lowest BCUT2D eigenvalue weighted by atomic mass is 10.1. The Bertz CT molecular complexity index is 1020. The van der Waals surface area contributed by atoms with Gasteiger partial charge in [0.05, 0.1) is 12.8 Å². The molecule has 0 saturated heterocycles. The quantitative estimate of drug-likeness (QED) is 0.731. The van der Waals surface area contributed by atoms with Gasteiger partial charge in [0.1, 0.15) is 6.07 Å². The van der Waals surface area contributed by atoms with Crippen LogP contribution < -0.4 is 5.49 Å². The first-order chi connectivity index (χ1) is 12.7. The summed E-state index contributed by atoms with van der Waals surface area (Å²) in [5.41, 5.74) is 2.74. The number of ether oxygens (including phenoxy) is 1. The fourth-order valence-electron chi connectivity index (χ4n) is 2.52. The van der Waals surface area contributed by atoms with Crippen LogP contribution in [0.2, 0.25) is 0 Å². The van der Waals surface area contributed by atoms with Gasteiger partial charge in [-0.25, -0.2) is 9.78 Å². The molecule has 0 aliphatic heterocycles.